The molecule has 0 bridgehead atoms. The predicted molar refractivity (Wildman–Crippen MR) is 74.5 cm³/mol. The molecule has 0 unspecified atom stereocenters. The molecule has 2 rings (SSSR count). The molecule has 1 aliphatic rings. The van der Waals surface area contributed by atoms with Crippen molar-refractivity contribution < 1.29 is 13.9 Å². The van der Waals surface area contributed by atoms with E-state index in [2.05, 4.69) is 21.2 Å². The molecule has 0 saturated heterocycles. The van der Waals surface area contributed by atoms with Gasteiger partial charge in [-0.2, -0.15) is 0 Å². The molecule has 5 heteroatoms. The number of benzene rings is 1. The maximum Gasteiger partial charge on any atom is 0.408 e. The van der Waals surface area contributed by atoms with Gasteiger partial charge in [0, 0.05) is 0 Å². The van der Waals surface area contributed by atoms with Crippen molar-refractivity contribution in [2.75, 3.05) is 0 Å². The lowest BCUT2D eigenvalue weighted by Crippen LogP contribution is -2.34. The third-order valence-corrected chi connectivity index (χ3v) is 3.59. The number of rotatable bonds is 1. The van der Waals surface area contributed by atoms with Crippen molar-refractivity contribution in [1.82, 2.24) is 5.32 Å². The van der Waals surface area contributed by atoms with Crippen molar-refractivity contribution >= 4 is 22.0 Å². The van der Waals surface area contributed by atoms with Crippen LogP contribution < -0.4 is 5.32 Å². The number of hydrogen-bond acceptors (Lipinski definition) is 2. The summed E-state index contributed by atoms with van der Waals surface area (Å²) in [6.45, 7) is 5.43. The summed E-state index contributed by atoms with van der Waals surface area (Å²) in [4.78, 5) is 11.7. The topological polar surface area (TPSA) is 38.3 Å². The number of alkyl carbamates (subject to hydrolysis) is 1. The zero-order valence-electron chi connectivity index (χ0n) is 11.2. The van der Waals surface area contributed by atoms with Crippen molar-refractivity contribution in [3.8, 4) is 0 Å². The number of fused-ring (bicyclic) bond motifs is 1. The Kier molecular flexibility index (Phi) is 3.85. The van der Waals surface area contributed by atoms with E-state index in [4.69, 9.17) is 4.74 Å². The largest absolute Gasteiger partial charge is 0.444 e. The highest BCUT2D eigenvalue weighted by Crippen LogP contribution is 2.35. The molecule has 1 aromatic carbocycles. The zero-order chi connectivity index (χ0) is 14.2. The van der Waals surface area contributed by atoms with E-state index in [0.717, 1.165) is 5.56 Å². The van der Waals surface area contributed by atoms with Gasteiger partial charge in [-0.25, -0.2) is 9.18 Å². The Labute approximate surface area is 120 Å². The molecule has 0 heterocycles. The molecule has 0 aliphatic heterocycles. The number of hydrogen-bond donors (Lipinski definition) is 1. The van der Waals surface area contributed by atoms with Gasteiger partial charge in [0.15, 0.2) is 0 Å². The van der Waals surface area contributed by atoms with Crippen LogP contribution in [0.1, 0.15) is 44.4 Å². The van der Waals surface area contributed by atoms with Crippen LogP contribution >= 0.6 is 15.9 Å². The summed E-state index contributed by atoms with van der Waals surface area (Å²) in [5.41, 5.74) is 0.984. The Morgan fingerprint density at radius 2 is 2.16 bits per heavy atom. The molecule has 1 amide bonds. The lowest BCUT2D eigenvalue weighted by Gasteiger charge is -2.22. The van der Waals surface area contributed by atoms with E-state index in [1.165, 1.54) is 0 Å². The van der Waals surface area contributed by atoms with Crippen LogP contribution in [-0.2, 0) is 11.2 Å². The highest BCUT2D eigenvalue weighted by molar-refractivity contribution is 9.10. The summed E-state index contributed by atoms with van der Waals surface area (Å²) in [6.07, 6.45) is 0.858. The molecular weight excluding hydrogens is 313 g/mol. The minimum absolute atomic E-state index is 0.174. The van der Waals surface area contributed by atoms with Crippen LogP contribution in [0.4, 0.5) is 9.18 Å². The normalized spacial score (nSPS) is 18.1. The van der Waals surface area contributed by atoms with Gasteiger partial charge in [0.1, 0.15) is 11.4 Å². The van der Waals surface area contributed by atoms with Gasteiger partial charge in [0.2, 0.25) is 0 Å². The van der Waals surface area contributed by atoms with Crippen molar-refractivity contribution in [1.29, 1.82) is 0 Å². The number of nitrogens with one attached hydrogen (secondary N) is 1. The molecule has 0 aromatic heterocycles. The minimum atomic E-state index is -0.531. The van der Waals surface area contributed by atoms with E-state index in [9.17, 15) is 9.18 Å². The van der Waals surface area contributed by atoms with Crippen LogP contribution in [0.15, 0.2) is 16.6 Å². The van der Waals surface area contributed by atoms with Gasteiger partial charge in [-0.3, -0.25) is 0 Å². The van der Waals surface area contributed by atoms with E-state index in [1.54, 1.807) is 6.07 Å². The second-order valence-electron chi connectivity index (χ2n) is 5.67. The fraction of sp³-hybridized carbons (Fsp3) is 0.500. The molecular formula is C14H17BrFNO2. The number of carbonyl (C=O) groups is 1. The summed E-state index contributed by atoms with van der Waals surface area (Å²) in [5, 5.41) is 2.80. The Balaban J connectivity index is 2.11. The van der Waals surface area contributed by atoms with Crippen molar-refractivity contribution in [3.05, 3.63) is 33.5 Å². The SMILES string of the molecule is CC(C)(C)OC(=O)N[C@@H]1CCc2c1ccc(Br)c2F. The first-order valence-corrected chi connectivity index (χ1v) is 7.03. The van der Waals surface area contributed by atoms with E-state index in [0.29, 0.717) is 22.9 Å². The van der Waals surface area contributed by atoms with Gasteiger partial charge in [0.25, 0.3) is 0 Å². The first-order valence-electron chi connectivity index (χ1n) is 6.24. The highest BCUT2D eigenvalue weighted by Gasteiger charge is 2.28. The van der Waals surface area contributed by atoms with Crippen LogP contribution in [-0.4, -0.2) is 11.7 Å². The molecule has 19 heavy (non-hydrogen) atoms. The molecule has 0 saturated carbocycles. The van der Waals surface area contributed by atoms with E-state index in [1.807, 2.05) is 26.8 Å². The lowest BCUT2D eigenvalue weighted by molar-refractivity contribution is 0.0503. The van der Waals surface area contributed by atoms with Crippen molar-refractivity contribution in [2.24, 2.45) is 0 Å². The van der Waals surface area contributed by atoms with Crippen molar-refractivity contribution in [3.63, 3.8) is 0 Å². The number of ether oxygens (including phenoxy) is 1. The molecule has 104 valence electrons. The summed E-state index contributed by atoms with van der Waals surface area (Å²) in [6, 6.07) is 3.34. The molecule has 0 fully saturated rings. The fourth-order valence-electron chi connectivity index (χ4n) is 2.23. The quantitative estimate of drug-likeness (QED) is 0.842. The zero-order valence-corrected chi connectivity index (χ0v) is 12.8. The maximum absolute atomic E-state index is 13.9. The van der Waals surface area contributed by atoms with Crippen LogP contribution in [0, 0.1) is 5.82 Å². The molecule has 0 spiro atoms. The summed E-state index contributed by atoms with van der Waals surface area (Å²) >= 11 is 3.17. The molecule has 0 radical (unpaired) electrons. The van der Waals surface area contributed by atoms with Crippen molar-refractivity contribution in [2.45, 2.75) is 45.3 Å². The second-order valence-corrected chi connectivity index (χ2v) is 6.52. The fourth-order valence-corrected chi connectivity index (χ4v) is 2.60. The molecule has 1 aliphatic carbocycles. The maximum atomic E-state index is 13.9. The average molecular weight is 330 g/mol. The predicted octanol–water partition coefficient (Wildman–Crippen LogP) is 4.10. The third-order valence-electron chi connectivity index (χ3n) is 2.98. The second kappa shape index (κ2) is 5.12. The van der Waals surface area contributed by atoms with Gasteiger partial charge in [-0.15, -0.1) is 0 Å². The summed E-state index contributed by atoms with van der Waals surface area (Å²) < 4.78 is 19.6. The third kappa shape index (κ3) is 3.26. The van der Waals surface area contributed by atoms with Crippen LogP contribution in [0.2, 0.25) is 0 Å². The molecule has 1 aromatic rings. The van der Waals surface area contributed by atoms with Gasteiger partial charge in [-0.1, -0.05) is 6.07 Å². The Hall–Kier alpha value is -1.10. The molecule has 3 nitrogen and oxygen atoms in total. The van der Waals surface area contributed by atoms with Gasteiger partial charge in [-0.05, 0) is 66.7 Å². The minimum Gasteiger partial charge on any atom is -0.444 e. The number of carbonyl (C=O) groups excluding carboxylic acids is 1. The monoisotopic (exact) mass is 329 g/mol. The Morgan fingerprint density at radius 3 is 2.79 bits per heavy atom. The van der Waals surface area contributed by atoms with Crippen LogP contribution in [0.3, 0.4) is 0 Å². The summed E-state index contributed by atoms with van der Waals surface area (Å²) in [5.74, 6) is -0.231. The van der Waals surface area contributed by atoms with E-state index < -0.39 is 11.7 Å². The highest BCUT2D eigenvalue weighted by atomic mass is 79.9. The molecule has 1 atom stereocenters. The van der Waals surface area contributed by atoms with Crippen LogP contribution in [0.5, 0.6) is 0 Å². The Morgan fingerprint density at radius 1 is 1.47 bits per heavy atom. The smallest absolute Gasteiger partial charge is 0.408 e. The van der Waals surface area contributed by atoms with Crippen LogP contribution in [0.25, 0.3) is 0 Å². The first-order chi connectivity index (χ1) is 8.78. The number of halogens is 2. The van der Waals surface area contributed by atoms with E-state index >= 15 is 0 Å². The van der Waals surface area contributed by atoms with Gasteiger partial charge in [0.05, 0.1) is 10.5 Å². The van der Waals surface area contributed by atoms with E-state index in [-0.39, 0.29) is 11.9 Å². The average Bonchev–Trinajstić information content (AvgIpc) is 2.65. The Bertz CT molecular complexity index is 511. The summed E-state index contributed by atoms with van der Waals surface area (Å²) in [7, 11) is 0. The standard InChI is InChI=1S/C14H17BrFNO2/c1-14(2,3)19-13(18)17-11-7-5-9-8(11)4-6-10(15)12(9)16/h4,6,11H,5,7H2,1-3H3,(H,17,18)/t11-/m1/s1. The molecule has 1 N–H and O–H groups in total. The van der Waals surface area contributed by atoms with Gasteiger partial charge >= 0.3 is 6.09 Å². The lowest BCUT2D eigenvalue weighted by atomic mass is 10.1. The number of amides is 1. The van der Waals surface area contributed by atoms with Gasteiger partial charge < -0.3 is 10.1 Å². The first kappa shape index (κ1) is 14.3.